The molecule has 1 spiro atoms. The van der Waals surface area contributed by atoms with Crippen LogP contribution in [0.15, 0.2) is 48.5 Å². The Morgan fingerprint density at radius 3 is 2.63 bits per heavy atom. The van der Waals surface area contributed by atoms with E-state index >= 15 is 0 Å². The molecule has 0 unspecified atom stereocenters. The third-order valence-corrected chi connectivity index (χ3v) is 6.66. The minimum atomic E-state index is -1.04. The molecule has 1 saturated heterocycles. The fourth-order valence-electron chi connectivity index (χ4n) is 5.24. The zero-order valence-corrected chi connectivity index (χ0v) is 16.8. The van der Waals surface area contributed by atoms with Gasteiger partial charge in [0.15, 0.2) is 0 Å². The first kappa shape index (κ1) is 18.9. The molecule has 1 aliphatic heterocycles. The Morgan fingerprint density at radius 1 is 1.03 bits per heavy atom. The van der Waals surface area contributed by atoms with Crippen molar-refractivity contribution in [1.82, 2.24) is 15.5 Å². The zero-order valence-electron chi connectivity index (χ0n) is 16.8. The van der Waals surface area contributed by atoms with Crippen molar-refractivity contribution in [2.45, 2.75) is 50.1 Å². The quantitative estimate of drug-likeness (QED) is 0.774. The van der Waals surface area contributed by atoms with Gasteiger partial charge in [0.05, 0.1) is 6.04 Å². The smallest absolute Gasteiger partial charge is 0.325 e. The number of hydrogen-bond acceptors (Lipinski definition) is 3. The van der Waals surface area contributed by atoms with E-state index < -0.39 is 11.6 Å². The number of carbonyl (C=O) groups is 3. The molecular formula is C24H25N3O3. The Morgan fingerprint density at radius 2 is 1.77 bits per heavy atom. The molecule has 2 atom stereocenters. The molecule has 154 valence electrons. The largest absolute Gasteiger partial charge is 0.348 e. The van der Waals surface area contributed by atoms with Crippen LogP contribution in [0.1, 0.15) is 54.0 Å². The molecule has 2 aromatic rings. The van der Waals surface area contributed by atoms with Crippen molar-refractivity contribution in [3.05, 3.63) is 70.8 Å². The van der Waals surface area contributed by atoms with E-state index in [1.807, 2.05) is 42.5 Å². The van der Waals surface area contributed by atoms with E-state index in [-0.39, 0.29) is 24.4 Å². The predicted octanol–water partition coefficient (Wildman–Crippen LogP) is 2.96. The maximum absolute atomic E-state index is 13.3. The molecule has 30 heavy (non-hydrogen) atoms. The minimum Gasteiger partial charge on any atom is -0.348 e. The minimum absolute atomic E-state index is 0.0763. The summed E-state index contributed by atoms with van der Waals surface area (Å²) < 4.78 is 0. The van der Waals surface area contributed by atoms with Gasteiger partial charge in [-0.3, -0.25) is 14.5 Å². The summed E-state index contributed by atoms with van der Waals surface area (Å²) in [6, 6.07) is 15.3. The molecule has 0 aromatic heterocycles. The molecule has 1 fully saturated rings. The van der Waals surface area contributed by atoms with Crippen molar-refractivity contribution in [1.29, 1.82) is 0 Å². The first-order valence-corrected chi connectivity index (χ1v) is 10.7. The van der Waals surface area contributed by atoms with E-state index in [0.717, 1.165) is 53.7 Å². The normalized spacial score (nSPS) is 24.9. The average molecular weight is 403 g/mol. The lowest BCUT2D eigenvalue weighted by Gasteiger charge is -2.33. The Balaban J connectivity index is 1.34. The van der Waals surface area contributed by atoms with E-state index in [2.05, 4.69) is 16.7 Å². The summed E-state index contributed by atoms with van der Waals surface area (Å²) in [6.07, 6.45) is 5.15. The van der Waals surface area contributed by atoms with Crippen LogP contribution in [0.4, 0.5) is 4.79 Å². The zero-order chi connectivity index (χ0) is 20.7. The molecule has 6 nitrogen and oxygen atoms in total. The molecule has 5 rings (SSSR count). The standard InChI is InChI=1S/C24H25N3O3/c28-21(25-20-13-5-9-16-7-1-3-11-18(16)20)15-27-22(29)24(26-23(27)30)14-6-10-17-8-2-4-12-19(17)24/h1-4,7-8,11-12,20H,5-6,9-10,13-15H2,(H,25,28)(H,26,30)/t20-,24-/m1/s1. The van der Waals surface area contributed by atoms with Gasteiger partial charge in [-0.05, 0) is 60.8 Å². The third-order valence-electron chi connectivity index (χ3n) is 6.66. The maximum Gasteiger partial charge on any atom is 0.325 e. The Kier molecular flexibility index (Phi) is 4.57. The molecule has 0 bridgehead atoms. The topological polar surface area (TPSA) is 78.5 Å². The molecular weight excluding hydrogens is 378 g/mol. The second-order valence-corrected chi connectivity index (χ2v) is 8.45. The highest BCUT2D eigenvalue weighted by atomic mass is 16.2. The average Bonchev–Trinajstić information content (AvgIpc) is 2.99. The van der Waals surface area contributed by atoms with Crippen LogP contribution in [0.3, 0.4) is 0 Å². The number of hydrogen-bond donors (Lipinski definition) is 2. The lowest BCUT2D eigenvalue weighted by atomic mass is 9.76. The Hall–Kier alpha value is -3.15. The van der Waals surface area contributed by atoms with Gasteiger partial charge < -0.3 is 10.6 Å². The van der Waals surface area contributed by atoms with Gasteiger partial charge in [0.1, 0.15) is 12.1 Å². The molecule has 6 heteroatoms. The van der Waals surface area contributed by atoms with Crippen molar-refractivity contribution in [3.8, 4) is 0 Å². The van der Waals surface area contributed by atoms with Gasteiger partial charge in [0.25, 0.3) is 5.91 Å². The molecule has 3 aliphatic rings. The number of nitrogens with zero attached hydrogens (tertiary/aromatic N) is 1. The molecule has 2 aliphatic carbocycles. The van der Waals surface area contributed by atoms with Crippen molar-refractivity contribution in [2.24, 2.45) is 0 Å². The highest BCUT2D eigenvalue weighted by Crippen LogP contribution is 2.39. The fraction of sp³-hybridized carbons (Fsp3) is 0.375. The number of aryl methyl sites for hydroxylation is 2. The highest BCUT2D eigenvalue weighted by Gasteiger charge is 2.54. The highest BCUT2D eigenvalue weighted by molar-refractivity contribution is 6.09. The number of amides is 4. The first-order chi connectivity index (χ1) is 14.6. The number of urea groups is 1. The number of benzene rings is 2. The fourth-order valence-corrected chi connectivity index (χ4v) is 5.24. The number of nitrogens with one attached hydrogen (secondary N) is 2. The summed E-state index contributed by atoms with van der Waals surface area (Å²) >= 11 is 0. The third kappa shape index (κ3) is 2.98. The van der Waals surface area contributed by atoms with Crippen molar-refractivity contribution >= 4 is 17.8 Å². The SMILES string of the molecule is O=C(CN1C(=O)N[C@@]2(CCCc3ccccc32)C1=O)N[C@@H]1CCCc2ccccc21. The second kappa shape index (κ2) is 7.27. The summed E-state index contributed by atoms with van der Waals surface area (Å²) in [5, 5.41) is 5.95. The van der Waals surface area contributed by atoms with Gasteiger partial charge in [0, 0.05) is 0 Å². The molecule has 0 radical (unpaired) electrons. The van der Waals surface area contributed by atoms with Crippen molar-refractivity contribution in [2.75, 3.05) is 6.54 Å². The van der Waals surface area contributed by atoms with Gasteiger partial charge in [-0.25, -0.2) is 4.79 Å². The lowest BCUT2D eigenvalue weighted by molar-refractivity contribution is -0.135. The maximum atomic E-state index is 13.3. The van der Waals surface area contributed by atoms with Crippen LogP contribution < -0.4 is 10.6 Å². The number of rotatable bonds is 3. The van der Waals surface area contributed by atoms with Crippen LogP contribution in [0.5, 0.6) is 0 Å². The van der Waals surface area contributed by atoms with E-state index in [1.54, 1.807) is 0 Å². The molecule has 1 heterocycles. The summed E-state index contributed by atoms with van der Waals surface area (Å²) in [5.74, 6) is -0.625. The summed E-state index contributed by atoms with van der Waals surface area (Å²) in [6.45, 7) is -0.257. The Bertz CT molecular complexity index is 1030. The van der Waals surface area contributed by atoms with Crippen LogP contribution in [-0.4, -0.2) is 29.3 Å². The van der Waals surface area contributed by atoms with Crippen LogP contribution in [0.25, 0.3) is 0 Å². The van der Waals surface area contributed by atoms with Crippen molar-refractivity contribution < 1.29 is 14.4 Å². The van der Waals surface area contributed by atoms with Crippen LogP contribution in [0.2, 0.25) is 0 Å². The van der Waals surface area contributed by atoms with Crippen LogP contribution >= 0.6 is 0 Å². The first-order valence-electron chi connectivity index (χ1n) is 10.7. The van der Waals surface area contributed by atoms with Crippen LogP contribution in [-0.2, 0) is 28.0 Å². The Labute approximate surface area is 175 Å². The van der Waals surface area contributed by atoms with Crippen LogP contribution in [0, 0.1) is 0 Å². The summed E-state index contributed by atoms with van der Waals surface area (Å²) in [4.78, 5) is 39.9. The van der Waals surface area contributed by atoms with E-state index in [9.17, 15) is 14.4 Å². The molecule has 0 saturated carbocycles. The summed E-state index contributed by atoms with van der Waals surface area (Å²) in [5.41, 5.74) is 3.29. The number of fused-ring (bicyclic) bond motifs is 3. The van der Waals surface area contributed by atoms with E-state index in [1.165, 1.54) is 5.56 Å². The van der Waals surface area contributed by atoms with Gasteiger partial charge >= 0.3 is 6.03 Å². The van der Waals surface area contributed by atoms with Gasteiger partial charge in [-0.15, -0.1) is 0 Å². The van der Waals surface area contributed by atoms with Gasteiger partial charge in [-0.2, -0.15) is 0 Å². The molecule has 4 amide bonds. The van der Waals surface area contributed by atoms with Gasteiger partial charge in [-0.1, -0.05) is 48.5 Å². The monoisotopic (exact) mass is 403 g/mol. The molecule has 2 aromatic carbocycles. The van der Waals surface area contributed by atoms with Crippen molar-refractivity contribution in [3.63, 3.8) is 0 Å². The lowest BCUT2D eigenvalue weighted by Crippen LogP contribution is -2.47. The molecule has 2 N–H and O–H groups in total. The van der Waals surface area contributed by atoms with Gasteiger partial charge in [0.2, 0.25) is 5.91 Å². The second-order valence-electron chi connectivity index (χ2n) is 8.45. The predicted molar refractivity (Wildman–Crippen MR) is 112 cm³/mol. The number of carbonyl (C=O) groups excluding carboxylic acids is 3. The van der Waals surface area contributed by atoms with E-state index in [0.29, 0.717) is 6.42 Å². The summed E-state index contributed by atoms with van der Waals surface area (Å²) in [7, 11) is 0. The van der Waals surface area contributed by atoms with E-state index in [4.69, 9.17) is 0 Å². The number of imide groups is 1.